The van der Waals surface area contributed by atoms with Crippen molar-refractivity contribution in [2.75, 3.05) is 0 Å². The lowest BCUT2D eigenvalue weighted by Gasteiger charge is -2.20. The van der Waals surface area contributed by atoms with Gasteiger partial charge >= 0.3 is 0 Å². The zero-order chi connectivity index (χ0) is 8.27. The average molecular weight is 152 g/mol. The lowest BCUT2D eigenvalue weighted by atomic mass is 9.89. The van der Waals surface area contributed by atoms with Crippen molar-refractivity contribution in [3.05, 3.63) is 24.3 Å². The molecule has 0 amide bonds. The van der Waals surface area contributed by atoms with Crippen molar-refractivity contribution in [1.29, 1.82) is 0 Å². The van der Waals surface area contributed by atoms with Crippen molar-refractivity contribution in [2.45, 2.75) is 32.3 Å². The standard InChI is InChI=1S/C10H16O/c1-3-10(11)9-6-4-8(2)5-7-9/h3,6,8,10-11H,1,4-5,7H2,2H3. The summed E-state index contributed by atoms with van der Waals surface area (Å²) in [5.41, 5.74) is 1.15. The van der Waals surface area contributed by atoms with E-state index in [2.05, 4.69) is 19.6 Å². The van der Waals surface area contributed by atoms with E-state index < -0.39 is 6.10 Å². The van der Waals surface area contributed by atoms with E-state index in [9.17, 15) is 5.11 Å². The SMILES string of the molecule is C=CC(O)C1=CCC(C)CC1. The molecule has 0 aromatic rings. The molecule has 0 fully saturated rings. The van der Waals surface area contributed by atoms with Crippen LogP contribution in [0.4, 0.5) is 0 Å². The summed E-state index contributed by atoms with van der Waals surface area (Å²) in [5.74, 6) is 0.788. The second-order valence-electron chi connectivity index (χ2n) is 3.34. The summed E-state index contributed by atoms with van der Waals surface area (Å²) in [6.45, 7) is 5.81. The highest BCUT2D eigenvalue weighted by Crippen LogP contribution is 2.24. The fraction of sp³-hybridized carbons (Fsp3) is 0.600. The first-order valence-electron chi connectivity index (χ1n) is 4.23. The number of aliphatic hydroxyl groups is 1. The van der Waals surface area contributed by atoms with Gasteiger partial charge in [-0.05, 0) is 30.8 Å². The molecule has 11 heavy (non-hydrogen) atoms. The van der Waals surface area contributed by atoms with Gasteiger partial charge in [0.1, 0.15) is 0 Å². The number of hydrogen-bond acceptors (Lipinski definition) is 1. The Balaban J connectivity index is 2.53. The summed E-state index contributed by atoms with van der Waals surface area (Å²) in [6.07, 6.45) is 6.70. The summed E-state index contributed by atoms with van der Waals surface area (Å²) in [6, 6.07) is 0. The molecule has 0 radical (unpaired) electrons. The van der Waals surface area contributed by atoms with Crippen molar-refractivity contribution in [3.8, 4) is 0 Å². The maximum absolute atomic E-state index is 9.38. The molecule has 0 saturated heterocycles. The first-order chi connectivity index (χ1) is 5.24. The average Bonchev–Trinajstić information content (AvgIpc) is 2.05. The Kier molecular flexibility index (Phi) is 2.89. The normalized spacial score (nSPS) is 27.5. The predicted molar refractivity (Wildman–Crippen MR) is 47.3 cm³/mol. The smallest absolute Gasteiger partial charge is 0.0929 e. The topological polar surface area (TPSA) is 20.2 Å². The van der Waals surface area contributed by atoms with Crippen LogP contribution in [0, 0.1) is 5.92 Å². The molecule has 2 atom stereocenters. The molecule has 1 nitrogen and oxygen atoms in total. The number of aliphatic hydroxyl groups excluding tert-OH is 1. The lowest BCUT2D eigenvalue weighted by Crippen LogP contribution is -2.11. The first kappa shape index (κ1) is 8.54. The molecule has 0 heterocycles. The minimum Gasteiger partial charge on any atom is -0.385 e. The molecule has 2 unspecified atom stereocenters. The fourth-order valence-corrected chi connectivity index (χ4v) is 1.41. The van der Waals surface area contributed by atoms with Crippen LogP contribution in [0.25, 0.3) is 0 Å². The number of allylic oxidation sites excluding steroid dienone is 1. The van der Waals surface area contributed by atoms with E-state index in [1.165, 1.54) is 6.42 Å². The van der Waals surface area contributed by atoms with Gasteiger partial charge in [0.05, 0.1) is 6.10 Å². The van der Waals surface area contributed by atoms with Gasteiger partial charge in [-0.2, -0.15) is 0 Å². The molecule has 0 spiro atoms. The molecule has 0 saturated carbocycles. The predicted octanol–water partition coefficient (Wildman–Crippen LogP) is 2.28. The van der Waals surface area contributed by atoms with Crippen molar-refractivity contribution in [2.24, 2.45) is 5.92 Å². The fourth-order valence-electron chi connectivity index (χ4n) is 1.41. The highest BCUT2D eigenvalue weighted by molar-refractivity contribution is 5.15. The van der Waals surface area contributed by atoms with Gasteiger partial charge in [-0.15, -0.1) is 6.58 Å². The van der Waals surface area contributed by atoms with Crippen LogP contribution in [0.1, 0.15) is 26.2 Å². The molecule has 1 aliphatic rings. The van der Waals surface area contributed by atoms with Gasteiger partial charge in [-0.3, -0.25) is 0 Å². The summed E-state index contributed by atoms with van der Waals surface area (Å²) >= 11 is 0. The van der Waals surface area contributed by atoms with Gasteiger partial charge in [-0.1, -0.05) is 19.1 Å². The third-order valence-electron chi connectivity index (χ3n) is 2.31. The van der Waals surface area contributed by atoms with E-state index in [1.54, 1.807) is 6.08 Å². The second kappa shape index (κ2) is 3.72. The van der Waals surface area contributed by atoms with Crippen molar-refractivity contribution in [1.82, 2.24) is 0 Å². The van der Waals surface area contributed by atoms with E-state index in [-0.39, 0.29) is 0 Å². The minimum absolute atomic E-state index is 0.400. The monoisotopic (exact) mass is 152 g/mol. The van der Waals surface area contributed by atoms with Crippen molar-refractivity contribution in [3.63, 3.8) is 0 Å². The quantitative estimate of drug-likeness (QED) is 0.602. The molecule has 0 bridgehead atoms. The van der Waals surface area contributed by atoms with Crippen LogP contribution >= 0.6 is 0 Å². The minimum atomic E-state index is -0.400. The zero-order valence-electron chi connectivity index (χ0n) is 7.09. The molecule has 62 valence electrons. The summed E-state index contributed by atoms with van der Waals surface area (Å²) < 4.78 is 0. The van der Waals surface area contributed by atoms with E-state index >= 15 is 0 Å². The largest absolute Gasteiger partial charge is 0.385 e. The third-order valence-corrected chi connectivity index (χ3v) is 2.31. The lowest BCUT2D eigenvalue weighted by molar-refractivity contribution is 0.248. The Labute approximate surface area is 68.4 Å². The molecule has 1 N–H and O–H groups in total. The Bertz CT molecular complexity index is 170. The molecule has 0 aromatic heterocycles. The third kappa shape index (κ3) is 2.19. The van der Waals surface area contributed by atoms with Crippen LogP contribution in [0.5, 0.6) is 0 Å². The van der Waals surface area contributed by atoms with Crippen LogP contribution in [-0.4, -0.2) is 11.2 Å². The number of rotatable bonds is 2. The van der Waals surface area contributed by atoms with Gasteiger partial charge in [0.2, 0.25) is 0 Å². The summed E-state index contributed by atoms with van der Waals surface area (Å²) in [5, 5.41) is 9.38. The molecule has 1 rings (SSSR count). The first-order valence-corrected chi connectivity index (χ1v) is 4.23. The van der Waals surface area contributed by atoms with Gasteiger partial charge in [-0.25, -0.2) is 0 Å². The van der Waals surface area contributed by atoms with E-state index in [4.69, 9.17) is 0 Å². The molecule has 0 aromatic carbocycles. The Morgan fingerprint density at radius 1 is 1.82 bits per heavy atom. The second-order valence-corrected chi connectivity index (χ2v) is 3.34. The molecule has 1 aliphatic carbocycles. The molecule has 1 heteroatoms. The highest BCUT2D eigenvalue weighted by atomic mass is 16.3. The van der Waals surface area contributed by atoms with Gasteiger partial charge in [0.25, 0.3) is 0 Å². The zero-order valence-corrected chi connectivity index (χ0v) is 7.09. The maximum atomic E-state index is 9.38. The van der Waals surface area contributed by atoms with Gasteiger partial charge in [0.15, 0.2) is 0 Å². The molecular formula is C10H16O. The van der Waals surface area contributed by atoms with E-state index in [0.717, 1.165) is 24.3 Å². The summed E-state index contributed by atoms with van der Waals surface area (Å²) in [7, 11) is 0. The van der Waals surface area contributed by atoms with Crippen LogP contribution in [-0.2, 0) is 0 Å². The van der Waals surface area contributed by atoms with Crippen LogP contribution in [0.2, 0.25) is 0 Å². The van der Waals surface area contributed by atoms with Crippen molar-refractivity contribution >= 4 is 0 Å². The number of hydrogen-bond donors (Lipinski definition) is 1. The Morgan fingerprint density at radius 2 is 2.55 bits per heavy atom. The van der Waals surface area contributed by atoms with E-state index in [0.29, 0.717) is 0 Å². The van der Waals surface area contributed by atoms with Gasteiger partial charge in [0, 0.05) is 0 Å². The van der Waals surface area contributed by atoms with E-state index in [1.807, 2.05) is 0 Å². The van der Waals surface area contributed by atoms with Crippen LogP contribution in [0.15, 0.2) is 24.3 Å². The summed E-state index contributed by atoms with van der Waals surface area (Å²) in [4.78, 5) is 0. The van der Waals surface area contributed by atoms with Crippen LogP contribution in [0.3, 0.4) is 0 Å². The molecule has 0 aliphatic heterocycles. The molecular weight excluding hydrogens is 136 g/mol. The maximum Gasteiger partial charge on any atom is 0.0929 e. The Morgan fingerprint density at radius 3 is 3.00 bits per heavy atom. The van der Waals surface area contributed by atoms with Crippen LogP contribution < -0.4 is 0 Å². The van der Waals surface area contributed by atoms with Crippen molar-refractivity contribution < 1.29 is 5.11 Å². The Hall–Kier alpha value is -0.560. The van der Waals surface area contributed by atoms with Gasteiger partial charge < -0.3 is 5.11 Å². The highest BCUT2D eigenvalue weighted by Gasteiger charge is 2.13.